The number of benzene rings is 1. The Bertz CT molecular complexity index is 949. The Morgan fingerprint density at radius 3 is 2.70 bits per heavy atom. The highest BCUT2D eigenvalue weighted by Crippen LogP contribution is 2.38. The first-order valence-corrected chi connectivity index (χ1v) is 7.41. The average Bonchev–Trinajstić information content (AvgIpc) is 3.00. The lowest BCUT2D eigenvalue weighted by molar-refractivity contribution is 0.174. The van der Waals surface area contributed by atoms with Crippen molar-refractivity contribution in [2.75, 3.05) is 6.79 Å². The summed E-state index contributed by atoms with van der Waals surface area (Å²) in [5.74, 6) is 1.31. The van der Waals surface area contributed by atoms with Gasteiger partial charge in [-0.05, 0) is 32.0 Å². The number of ether oxygens (including phenoxy) is 2. The van der Waals surface area contributed by atoms with Crippen LogP contribution in [-0.2, 0) is 0 Å². The maximum atomic E-state index is 12.5. The molecule has 1 aliphatic rings. The lowest BCUT2D eigenvalue weighted by Gasteiger charge is -2.16. The van der Waals surface area contributed by atoms with Crippen LogP contribution in [0.2, 0.25) is 0 Å². The molecule has 0 atom stereocenters. The average molecular weight is 309 g/mol. The Hall–Kier alpha value is -2.89. The molecular formula is C17H15N3O3. The Kier molecular flexibility index (Phi) is 3.04. The van der Waals surface area contributed by atoms with E-state index in [-0.39, 0.29) is 18.5 Å². The largest absolute Gasteiger partial charge is 0.454 e. The maximum absolute atomic E-state index is 12.5. The minimum Gasteiger partial charge on any atom is -0.454 e. The summed E-state index contributed by atoms with van der Waals surface area (Å²) < 4.78 is 12.6. The molecule has 0 saturated carbocycles. The smallest absolute Gasteiger partial charge is 0.348 e. The van der Waals surface area contributed by atoms with Crippen LogP contribution in [-0.4, -0.2) is 21.3 Å². The first kappa shape index (κ1) is 13.8. The molecular weight excluding hydrogens is 294 g/mol. The molecule has 0 amide bonds. The molecule has 23 heavy (non-hydrogen) atoms. The van der Waals surface area contributed by atoms with Crippen molar-refractivity contribution in [3.8, 4) is 22.8 Å². The zero-order valence-electron chi connectivity index (χ0n) is 12.8. The fourth-order valence-corrected chi connectivity index (χ4v) is 2.85. The predicted octanol–water partition coefficient (Wildman–Crippen LogP) is 2.77. The van der Waals surface area contributed by atoms with Crippen LogP contribution in [0.15, 0.2) is 41.5 Å². The van der Waals surface area contributed by atoms with Crippen molar-refractivity contribution in [1.82, 2.24) is 14.5 Å². The zero-order valence-corrected chi connectivity index (χ0v) is 12.8. The van der Waals surface area contributed by atoms with Crippen molar-refractivity contribution < 1.29 is 9.47 Å². The first-order chi connectivity index (χ1) is 11.1. The molecule has 1 aliphatic heterocycles. The second-order valence-corrected chi connectivity index (χ2v) is 5.67. The minimum absolute atomic E-state index is 0.0131. The molecule has 6 heteroatoms. The van der Waals surface area contributed by atoms with Crippen molar-refractivity contribution in [3.63, 3.8) is 0 Å². The number of rotatable bonds is 2. The van der Waals surface area contributed by atoms with Crippen LogP contribution in [0.25, 0.3) is 22.2 Å². The summed E-state index contributed by atoms with van der Waals surface area (Å²) in [6.07, 6.45) is 3.39. The third kappa shape index (κ3) is 2.14. The van der Waals surface area contributed by atoms with E-state index in [1.165, 1.54) is 0 Å². The fourth-order valence-electron chi connectivity index (χ4n) is 2.85. The number of pyridine rings is 1. The number of aromatic nitrogens is 3. The lowest BCUT2D eigenvalue weighted by Crippen LogP contribution is -2.25. The van der Waals surface area contributed by atoms with E-state index in [2.05, 4.69) is 9.97 Å². The third-order valence-corrected chi connectivity index (χ3v) is 3.87. The minimum atomic E-state index is -0.287. The van der Waals surface area contributed by atoms with Gasteiger partial charge in [0.25, 0.3) is 0 Å². The van der Waals surface area contributed by atoms with Crippen molar-refractivity contribution in [3.05, 3.63) is 47.1 Å². The van der Waals surface area contributed by atoms with E-state index in [1.54, 1.807) is 17.0 Å². The molecule has 1 aromatic carbocycles. The molecule has 116 valence electrons. The second-order valence-electron chi connectivity index (χ2n) is 5.67. The number of hydrogen-bond donors (Lipinski definition) is 0. The van der Waals surface area contributed by atoms with Gasteiger partial charge in [0.15, 0.2) is 11.5 Å². The Morgan fingerprint density at radius 1 is 1.22 bits per heavy atom. The van der Waals surface area contributed by atoms with Crippen molar-refractivity contribution >= 4 is 10.9 Å². The summed E-state index contributed by atoms with van der Waals surface area (Å²) in [6, 6.07) is 7.43. The first-order valence-electron chi connectivity index (χ1n) is 7.41. The standard InChI is InChI=1S/C17H15N3O3/c1-10(2)20-13-7-15-14(22-9-23-15)6-12(13)16(19-17(20)21)11-4-3-5-18-8-11/h3-8,10H,9H2,1-2H3. The van der Waals surface area contributed by atoms with E-state index >= 15 is 0 Å². The molecule has 0 radical (unpaired) electrons. The van der Waals surface area contributed by atoms with E-state index in [0.29, 0.717) is 17.2 Å². The van der Waals surface area contributed by atoms with Gasteiger partial charge in [-0.3, -0.25) is 9.55 Å². The van der Waals surface area contributed by atoms with Gasteiger partial charge in [0.2, 0.25) is 6.79 Å². The van der Waals surface area contributed by atoms with Crippen LogP contribution in [0.5, 0.6) is 11.5 Å². The lowest BCUT2D eigenvalue weighted by atomic mass is 10.1. The highest BCUT2D eigenvalue weighted by Gasteiger charge is 2.20. The monoisotopic (exact) mass is 309 g/mol. The molecule has 0 aliphatic carbocycles. The number of hydrogen-bond acceptors (Lipinski definition) is 5. The van der Waals surface area contributed by atoms with Crippen LogP contribution in [0.1, 0.15) is 19.9 Å². The highest BCUT2D eigenvalue weighted by atomic mass is 16.7. The topological polar surface area (TPSA) is 66.2 Å². The zero-order chi connectivity index (χ0) is 16.0. The molecule has 0 N–H and O–H groups in total. The Balaban J connectivity index is 2.12. The fraction of sp³-hybridized carbons (Fsp3) is 0.235. The summed E-state index contributed by atoms with van der Waals surface area (Å²) >= 11 is 0. The molecule has 0 bridgehead atoms. The Morgan fingerprint density at radius 2 is 2.00 bits per heavy atom. The van der Waals surface area contributed by atoms with Gasteiger partial charge in [-0.15, -0.1) is 0 Å². The van der Waals surface area contributed by atoms with Gasteiger partial charge in [-0.25, -0.2) is 4.79 Å². The summed E-state index contributed by atoms with van der Waals surface area (Å²) in [5, 5.41) is 0.843. The van der Waals surface area contributed by atoms with Crippen LogP contribution in [0, 0.1) is 0 Å². The van der Waals surface area contributed by atoms with Gasteiger partial charge in [0.05, 0.1) is 11.2 Å². The van der Waals surface area contributed by atoms with Crippen molar-refractivity contribution in [2.45, 2.75) is 19.9 Å². The van der Waals surface area contributed by atoms with Crippen LogP contribution in [0.3, 0.4) is 0 Å². The molecule has 3 aromatic rings. The molecule has 0 fully saturated rings. The third-order valence-electron chi connectivity index (χ3n) is 3.87. The summed E-state index contributed by atoms with van der Waals surface area (Å²) in [4.78, 5) is 20.9. The van der Waals surface area contributed by atoms with E-state index in [4.69, 9.17) is 9.47 Å². The SMILES string of the molecule is CC(C)n1c(=O)nc(-c2cccnc2)c2cc3c(cc21)OCO3. The van der Waals surface area contributed by atoms with Gasteiger partial charge in [0.1, 0.15) is 0 Å². The predicted molar refractivity (Wildman–Crippen MR) is 85.7 cm³/mol. The van der Waals surface area contributed by atoms with Gasteiger partial charge >= 0.3 is 5.69 Å². The van der Waals surface area contributed by atoms with Crippen molar-refractivity contribution in [1.29, 1.82) is 0 Å². The van der Waals surface area contributed by atoms with E-state index in [1.807, 2.05) is 38.1 Å². The van der Waals surface area contributed by atoms with Gasteiger partial charge in [-0.1, -0.05) is 0 Å². The molecule has 3 heterocycles. The summed E-state index contributed by atoms with van der Waals surface area (Å²) in [7, 11) is 0. The highest BCUT2D eigenvalue weighted by molar-refractivity contribution is 5.94. The molecule has 4 rings (SSSR count). The Labute approximate surface area is 132 Å². The number of fused-ring (bicyclic) bond motifs is 2. The molecule has 6 nitrogen and oxygen atoms in total. The second kappa shape index (κ2) is 5.08. The quantitative estimate of drug-likeness (QED) is 0.728. The van der Waals surface area contributed by atoms with Gasteiger partial charge < -0.3 is 9.47 Å². The van der Waals surface area contributed by atoms with E-state index in [9.17, 15) is 4.79 Å². The van der Waals surface area contributed by atoms with Crippen LogP contribution < -0.4 is 15.2 Å². The summed E-state index contributed by atoms with van der Waals surface area (Å²) in [5.41, 5.74) is 1.89. The van der Waals surface area contributed by atoms with Crippen LogP contribution >= 0.6 is 0 Å². The van der Waals surface area contributed by atoms with Gasteiger partial charge in [0, 0.05) is 35.5 Å². The molecule has 0 saturated heterocycles. The molecule has 2 aromatic heterocycles. The number of nitrogens with zero attached hydrogens (tertiary/aromatic N) is 3. The normalized spacial score (nSPS) is 13.0. The maximum Gasteiger partial charge on any atom is 0.348 e. The van der Waals surface area contributed by atoms with Gasteiger partial charge in [-0.2, -0.15) is 4.98 Å². The molecule has 0 unspecified atom stereocenters. The van der Waals surface area contributed by atoms with Crippen molar-refractivity contribution in [2.24, 2.45) is 0 Å². The van der Waals surface area contributed by atoms with Crippen LogP contribution in [0.4, 0.5) is 0 Å². The molecule has 0 spiro atoms. The summed E-state index contributed by atoms with van der Waals surface area (Å²) in [6.45, 7) is 4.10. The van der Waals surface area contributed by atoms with E-state index in [0.717, 1.165) is 16.5 Å². The van der Waals surface area contributed by atoms with E-state index < -0.39 is 0 Å².